The maximum atomic E-state index is 12.5. The molecule has 0 spiro atoms. The van der Waals surface area contributed by atoms with Crippen molar-refractivity contribution in [3.8, 4) is 0 Å². The molecule has 2 aromatic rings. The molecule has 3 fully saturated rings. The first-order valence-electron chi connectivity index (χ1n) is 11.4. The second-order valence-electron chi connectivity index (χ2n) is 9.04. The molecule has 0 N–H and O–H groups in total. The first-order valence-corrected chi connectivity index (χ1v) is 12.4. The molecule has 5 rings (SSSR count). The van der Waals surface area contributed by atoms with Crippen molar-refractivity contribution in [2.75, 3.05) is 31.1 Å². The summed E-state index contributed by atoms with van der Waals surface area (Å²) < 4.78 is 2.38. The molecule has 1 aromatic heterocycles. The molecule has 1 saturated carbocycles. The van der Waals surface area contributed by atoms with Gasteiger partial charge < -0.3 is 9.80 Å². The molecule has 1 aliphatic carbocycles. The lowest BCUT2D eigenvalue weighted by Crippen LogP contribution is -2.34. The van der Waals surface area contributed by atoms with Crippen molar-refractivity contribution in [1.29, 1.82) is 0 Å². The lowest BCUT2D eigenvalue weighted by molar-refractivity contribution is 0.0793. The van der Waals surface area contributed by atoms with Crippen LogP contribution < -0.4 is 4.90 Å². The van der Waals surface area contributed by atoms with Gasteiger partial charge >= 0.3 is 0 Å². The fraction of sp³-hybridized carbons (Fsp3) is 0.609. The Bertz CT molecular complexity index is 877. The quantitative estimate of drug-likeness (QED) is 0.643. The molecule has 3 aliphatic rings. The fourth-order valence-electron chi connectivity index (χ4n) is 4.44. The van der Waals surface area contributed by atoms with Gasteiger partial charge in [0, 0.05) is 43.5 Å². The summed E-state index contributed by atoms with van der Waals surface area (Å²) in [6, 6.07) is 8.69. The largest absolute Gasteiger partial charge is 0.341 e. The van der Waals surface area contributed by atoms with E-state index in [0.717, 1.165) is 67.4 Å². The third kappa shape index (κ3) is 4.22. The zero-order chi connectivity index (χ0) is 20.5. The van der Waals surface area contributed by atoms with Gasteiger partial charge in [0.25, 0.3) is 5.91 Å². The van der Waals surface area contributed by atoms with Gasteiger partial charge in [0.05, 0.1) is 0 Å². The number of hydrogen-bond acceptors (Lipinski definition) is 5. The van der Waals surface area contributed by atoms with Gasteiger partial charge in [-0.3, -0.25) is 9.36 Å². The molecule has 0 bridgehead atoms. The van der Waals surface area contributed by atoms with Gasteiger partial charge in [0.1, 0.15) is 0 Å². The van der Waals surface area contributed by atoms with Crippen molar-refractivity contribution >= 4 is 23.6 Å². The van der Waals surface area contributed by atoms with Crippen molar-refractivity contribution in [2.45, 2.75) is 62.4 Å². The SMILES string of the molecule is CC1CCN(c2nnc(SCc3ccc(C(=O)N4CCCC4)cc3)n2C2CC2)CC1. The number of carbonyl (C=O) groups is 1. The molecule has 0 radical (unpaired) electrons. The zero-order valence-corrected chi connectivity index (χ0v) is 18.6. The Morgan fingerprint density at radius 1 is 1.00 bits per heavy atom. The van der Waals surface area contributed by atoms with Crippen LogP contribution >= 0.6 is 11.8 Å². The van der Waals surface area contributed by atoms with Gasteiger partial charge in [0.2, 0.25) is 5.95 Å². The number of thioether (sulfide) groups is 1. The summed E-state index contributed by atoms with van der Waals surface area (Å²) in [4.78, 5) is 16.9. The van der Waals surface area contributed by atoms with Crippen LogP contribution in [-0.2, 0) is 5.75 Å². The number of benzene rings is 1. The summed E-state index contributed by atoms with van der Waals surface area (Å²) >= 11 is 1.76. The Labute approximate surface area is 183 Å². The van der Waals surface area contributed by atoms with E-state index >= 15 is 0 Å². The third-order valence-corrected chi connectivity index (χ3v) is 7.60. The number of aromatic nitrogens is 3. The minimum Gasteiger partial charge on any atom is -0.341 e. The van der Waals surface area contributed by atoms with E-state index in [0.29, 0.717) is 6.04 Å². The highest BCUT2D eigenvalue weighted by Crippen LogP contribution is 2.42. The van der Waals surface area contributed by atoms with E-state index in [1.165, 1.54) is 31.2 Å². The number of nitrogens with zero attached hydrogens (tertiary/aromatic N) is 5. The highest BCUT2D eigenvalue weighted by molar-refractivity contribution is 7.98. The van der Waals surface area contributed by atoms with Crippen molar-refractivity contribution in [1.82, 2.24) is 19.7 Å². The van der Waals surface area contributed by atoms with Crippen LogP contribution in [0, 0.1) is 5.92 Å². The summed E-state index contributed by atoms with van der Waals surface area (Å²) in [6.45, 7) is 6.30. The van der Waals surface area contributed by atoms with Crippen molar-refractivity contribution < 1.29 is 4.79 Å². The highest BCUT2D eigenvalue weighted by Gasteiger charge is 2.32. The van der Waals surface area contributed by atoms with Gasteiger partial charge in [-0.1, -0.05) is 30.8 Å². The van der Waals surface area contributed by atoms with Crippen LogP contribution in [0.5, 0.6) is 0 Å². The standard InChI is InChI=1S/C23H31N5OS/c1-17-10-14-27(15-11-17)22-24-25-23(28(22)20-8-9-20)30-16-18-4-6-19(7-5-18)21(29)26-12-2-3-13-26/h4-7,17,20H,2-3,8-16H2,1H3. The molecule has 0 atom stereocenters. The number of carbonyl (C=O) groups excluding carboxylic acids is 1. The van der Waals surface area contributed by atoms with Crippen molar-refractivity contribution in [3.05, 3.63) is 35.4 Å². The Morgan fingerprint density at radius 2 is 1.70 bits per heavy atom. The lowest BCUT2D eigenvalue weighted by atomic mass is 10.00. The predicted molar refractivity (Wildman–Crippen MR) is 120 cm³/mol. The second-order valence-corrected chi connectivity index (χ2v) is 9.98. The molecule has 6 nitrogen and oxygen atoms in total. The van der Waals surface area contributed by atoms with Crippen LogP contribution in [-0.4, -0.2) is 51.8 Å². The molecule has 3 heterocycles. The topological polar surface area (TPSA) is 54.3 Å². The van der Waals surface area contributed by atoms with E-state index in [9.17, 15) is 4.79 Å². The van der Waals surface area contributed by atoms with Gasteiger partial charge in [0.15, 0.2) is 5.16 Å². The van der Waals surface area contributed by atoms with Gasteiger partial charge in [-0.05, 0) is 62.1 Å². The summed E-state index contributed by atoms with van der Waals surface area (Å²) in [5.41, 5.74) is 2.02. The molecule has 1 amide bonds. The Morgan fingerprint density at radius 3 is 2.37 bits per heavy atom. The van der Waals surface area contributed by atoms with E-state index in [1.54, 1.807) is 11.8 Å². The summed E-state index contributed by atoms with van der Waals surface area (Å²) in [5.74, 6) is 2.90. The Balaban J connectivity index is 1.24. The van der Waals surface area contributed by atoms with E-state index < -0.39 is 0 Å². The second kappa shape index (κ2) is 8.61. The predicted octanol–water partition coefficient (Wildman–Crippen LogP) is 4.38. The monoisotopic (exact) mass is 425 g/mol. The fourth-order valence-corrected chi connectivity index (χ4v) is 5.40. The summed E-state index contributed by atoms with van der Waals surface area (Å²) in [5, 5.41) is 10.2. The zero-order valence-electron chi connectivity index (χ0n) is 17.8. The minimum atomic E-state index is 0.167. The minimum absolute atomic E-state index is 0.167. The molecule has 0 unspecified atom stereocenters. The average Bonchev–Trinajstić information content (AvgIpc) is 3.29. The van der Waals surface area contributed by atoms with Crippen LogP contribution in [0.15, 0.2) is 29.4 Å². The van der Waals surface area contributed by atoms with Gasteiger partial charge in [-0.2, -0.15) is 0 Å². The maximum absolute atomic E-state index is 12.5. The van der Waals surface area contributed by atoms with E-state index in [-0.39, 0.29) is 5.91 Å². The molecule has 7 heteroatoms. The molecule has 30 heavy (non-hydrogen) atoms. The Kier molecular flexibility index (Phi) is 5.72. The van der Waals surface area contributed by atoms with Gasteiger partial charge in [-0.25, -0.2) is 0 Å². The van der Waals surface area contributed by atoms with Crippen molar-refractivity contribution in [2.24, 2.45) is 5.92 Å². The van der Waals surface area contributed by atoms with E-state index in [2.05, 4.69) is 38.7 Å². The smallest absolute Gasteiger partial charge is 0.253 e. The number of hydrogen-bond donors (Lipinski definition) is 0. The molecular formula is C23H31N5OS. The van der Waals surface area contributed by atoms with Crippen molar-refractivity contribution in [3.63, 3.8) is 0 Å². The molecule has 160 valence electrons. The van der Waals surface area contributed by atoms with Crippen LogP contribution in [0.25, 0.3) is 0 Å². The van der Waals surface area contributed by atoms with Crippen LogP contribution in [0.4, 0.5) is 5.95 Å². The maximum Gasteiger partial charge on any atom is 0.253 e. The number of anilines is 1. The first kappa shape index (κ1) is 19.9. The first-order chi connectivity index (χ1) is 14.7. The van der Waals surface area contributed by atoms with Crippen LogP contribution in [0.2, 0.25) is 0 Å². The Hall–Kier alpha value is -2.02. The number of amides is 1. The molecular weight excluding hydrogens is 394 g/mol. The number of piperidine rings is 1. The highest BCUT2D eigenvalue weighted by atomic mass is 32.2. The number of rotatable bonds is 6. The summed E-state index contributed by atoms with van der Waals surface area (Å²) in [6.07, 6.45) is 7.19. The van der Waals surface area contributed by atoms with E-state index in [4.69, 9.17) is 0 Å². The third-order valence-electron chi connectivity index (χ3n) is 6.59. The van der Waals surface area contributed by atoms with E-state index in [1.807, 2.05) is 17.0 Å². The molecule has 2 aliphatic heterocycles. The van der Waals surface area contributed by atoms with Gasteiger partial charge in [-0.15, -0.1) is 10.2 Å². The van der Waals surface area contributed by atoms with Crippen LogP contribution in [0.1, 0.15) is 67.4 Å². The summed E-state index contributed by atoms with van der Waals surface area (Å²) in [7, 11) is 0. The molecule has 1 aromatic carbocycles. The lowest BCUT2D eigenvalue weighted by Gasteiger charge is -2.31. The molecule has 2 saturated heterocycles. The number of likely N-dealkylation sites (tertiary alicyclic amines) is 1. The normalized spacial score (nSPS) is 20.2. The average molecular weight is 426 g/mol. The van der Waals surface area contributed by atoms with Crippen LogP contribution in [0.3, 0.4) is 0 Å².